The number of H-pyrrole nitrogens is 1. The topological polar surface area (TPSA) is 89.8 Å². The average molecular weight is 326 g/mol. The van der Waals surface area contributed by atoms with Gasteiger partial charge in [0.2, 0.25) is 10.0 Å². The maximum absolute atomic E-state index is 12.3. The summed E-state index contributed by atoms with van der Waals surface area (Å²) in [5, 5.41) is 10.2. The first-order chi connectivity index (χ1) is 10.9. The van der Waals surface area contributed by atoms with Crippen LogP contribution in [0.4, 0.5) is 0 Å². The van der Waals surface area contributed by atoms with Gasteiger partial charge in [-0.05, 0) is 29.8 Å². The monoisotopic (exact) mass is 326 g/mol. The number of aromatic amines is 1. The zero-order chi connectivity index (χ0) is 16.6. The minimum absolute atomic E-state index is 0.179. The van der Waals surface area contributed by atoms with Crippen LogP contribution in [0.5, 0.6) is 0 Å². The Kier molecular flexibility index (Phi) is 3.64. The van der Waals surface area contributed by atoms with Crippen LogP contribution in [0, 0.1) is 11.3 Å². The third kappa shape index (κ3) is 2.59. The molecule has 0 radical (unpaired) electrons. The van der Waals surface area contributed by atoms with Gasteiger partial charge in [0, 0.05) is 31.2 Å². The molecule has 3 rings (SSSR count). The van der Waals surface area contributed by atoms with Gasteiger partial charge < -0.3 is 4.98 Å². The van der Waals surface area contributed by atoms with Crippen molar-refractivity contribution in [2.45, 2.75) is 4.90 Å². The van der Waals surface area contributed by atoms with Crippen LogP contribution in [0.3, 0.4) is 0 Å². The number of hydrogen-bond acceptors (Lipinski definition) is 4. The number of nitrogens with zero attached hydrogens (tertiary/aromatic N) is 3. The Morgan fingerprint density at radius 3 is 2.70 bits per heavy atom. The average Bonchev–Trinajstić information content (AvgIpc) is 3.00. The van der Waals surface area contributed by atoms with E-state index >= 15 is 0 Å². The van der Waals surface area contributed by atoms with Gasteiger partial charge in [0.15, 0.2) is 5.69 Å². The Hall–Kier alpha value is -2.69. The standard InChI is InChI=1S/C16H14N4O2S/c1-20(2)23(21,22)13-5-3-4-11(8-13)14-9-12-6-7-18-16(12)19-15(14)10-17/h3-9H,1-2H3,(H,18,19). The summed E-state index contributed by atoms with van der Waals surface area (Å²) >= 11 is 0. The summed E-state index contributed by atoms with van der Waals surface area (Å²) in [6, 6.07) is 12.3. The first-order valence-corrected chi connectivity index (χ1v) is 8.28. The Bertz CT molecular complexity index is 1030. The molecule has 1 N–H and O–H groups in total. The first kappa shape index (κ1) is 15.2. The van der Waals surface area contributed by atoms with Gasteiger partial charge in [-0.25, -0.2) is 17.7 Å². The third-order valence-corrected chi connectivity index (χ3v) is 5.38. The summed E-state index contributed by atoms with van der Waals surface area (Å²) in [6.07, 6.45) is 1.75. The summed E-state index contributed by atoms with van der Waals surface area (Å²) in [5.74, 6) is 0. The van der Waals surface area contributed by atoms with Gasteiger partial charge in [0.1, 0.15) is 11.7 Å². The van der Waals surface area contributed by atoms with E-state index in [9.17, 15) is 13.7 Å². The summed E-state index contributed by atoms with van der Waals surface area (Å²) in [6.45, 7) is 0. The van der Waals surface area contributed by atoms with Crippen molar-refractivity contribution in [1.29, 1.82) is 5.26 Å². The minimum Gasteiger partial charge on any atom is -0.346 e. The fourth-order valence-electron chi connectivity index (χ4n) is 2.32. The second-order valence-corrected chi connectivity index (χ2v) is 7.38. The number of hydrogen-bond donors (Lipinski definition) is 1. The molecule has 0 saturated carbocycles. The van der Waals surface area contributed by atoms with Crippen molar-refractivity contribution < 1.29 is 8.42 Å². The molecule has 0 aliphatic heterocycles. The molecule has 116 valence electrons. The lowest BCUT2D eigenvalue weighted by atomic mass is 10.0. The van der Waals surface area contributed by atoms with Crippen LogP contribution in [0.2, 0.25) is 0 Å². The molecule has 2 aromatic heterocycles. The second kappa shape index (κ2) is 5.50. The molecule has 0 unspecified atom stereocenters. The van der Waals surface area contributed by atoms with Crippen LogP contribution < -0.4 is 0 Å². The smallest absolute Gasteiger partial charge is 0.242 e. The number of aromatic nitrogens is 2. The van der Waals surface area contributed by atoms with Crippen molar-refractivity contribution >= 4 is 21.1 Å². The molecule has 0 atom stereocenters. The van der Waals surface area contributed by atoms with E-state index in [1.54, 1.807) is 24.4 Å². The number of nitrogens with one attached hydrogen (secondary N) is 1. The number of sulfonamides is 1. The molecular formula is C16H14N4O2S. The van der Waals surface area contributed by atoms with Crippen LogP contribution in [0.25, 0.3) is 22.2 Å². The van der Waals surface area contributed by atoms with E-state index in [1.165, 1.54) is 20.2 Å². The highest BCUT2D eigenvalue weighted by molar-refractivity contribution is 7.89. The fraction of sp³-hybridized carbons (Fsp3) is 0.125. The zero-order valence-electron chi connectivity index (χ0n) is 12.6. The van der Waals surface area contributed by atoms with E-state index in [1.807, 2.05) is 12.1 Å². The van der Waals surface area contributed by atoms with Crippen LogP contribution in [0.1, 0.15) is 5.69 Å². The number of nitriles is 1. The molecule has 2 heterocycles. The van der Waals surface area contributed by atoms with Crippen LogP contribution in [0.15, 0.2) is 47.5 Å². The van der Waals surface area contributed by atoms with E-state index in [0.29, 0.717) is 16.8 Å². The SMILES string of the molecule is CN(C)S(=O)(=O)c1cccc(-c2cc3cc[nH]c3nc2C#N)c1. The molecule has 7 heteroatoms. The normalized spacial score (nSPS) is 11.7. The predicted molar refractivity (Wildman–Crippen MR) is 87.1 cm³/mol. The highest BCUT2D eigenvalue weighted by Gasteiger charge is 2.18. The second-order valence-electron chi connectivity index (χ2n) is 5.23. The number of pyridine rings is 1. The molecule has 0 amide bonds. The van der Waals surface area contributed by atoms with Crippen molar-refractivity contribution in [3.8, 4) is 17.2 Å². The van der Waals surface area contributed by atoms with E-state index < -0.39 is 10.0 Å². The molecule has 3 aromatic rings. The Morgan fingerprint density at radius 1 is 1.22 bits per heavy atom. The van der Waals surface area contributed by atoms with Gasteiger partial charge in [-0.3, -0.25) is 0 Å². The third-order valence-electron chi connectivity index (χ3n) is 3.56. The van der Waals surface area contributed by atoms with Crippen LogP contribution in [-0.4, -0.2) is 36.8 Å². The molecule has 6 nitrogen and oxygen atoms in total. The number of rotatable bonds is 3. The molecular weight excluding hydrogens is 312 g/mol. The van der Waals surface area contributed by atoms with E-state index in [4.69, 9.17) is 0 Å². The first-order valence-electron chi connectivity index (χ1n) is 6.84. The summed E-state index contributed by atoms with van der Waals surface area (Å²) in [4.78, 5) is 7.42. The number of fused-ring (bicyclic) bond motifs is 1. The van der Waals surface area contributed by atoms with Crippen LogP contribution in [-0.2, 0) is 10.0 Å². The van der Waals surface area contributed by atoms with E-state index in [0.717, 1.165) is 9.69 Å². The number of benzene rings is 1. The van der Waals surface area contributed by atoms with Crippen molar-refractivity contribution in [2.75, 3.05) is 14.1 Å². The van der Waals surface area contributed by atoms with Gasteiger partial charge >= 0.3 is 0 Å². The van der Waals surface area contributed by atoms with Gasteiger partial charge in [-0.1, -0.05) is 12.1 Å². The maximum Gasteiger partial charge on any atom is 0.242 e. The molecule has 0 aliphatic rings. The van der Waals surface area contributed by atoms with Gasteiger partial charge in [-0.2, -0.15) is 5.26 Å². The van der Waals surface area contributed by atoms with E-state index in [2.05, 4.69) is 16.0 Å². The zero-order valence-corrected chi connectivity index (χ0v) is 13.4. The largest absolute Gasteiger partial charge is 0.346 e. The van der Waals surface area contributed by atoms with Gasteiger partial charge in [0.25, 0.3) is 0 Å². The molecule has 0 bridgehead atoms. The summed E-state index contributed by atoms with van der Waals surface area (Å²) in [5.41, 5.74) is 2.12. The predicted octanol–water partition coefficient (Wildman–Crippen LogP) is 2.35. The van der Waals surface area contributed by atoms with Crippen molar-refractivity contribution in [2.24, 2.45) is 0 Å². The fourth-order valence-corrected chi connectivity index (χ4v) is 3.27. The quantitative estimate of drug-likeness (QED) is 0.800. The highest BCUT2D eigenvalue weighted by atomic mass is 32.2. The lowest BCUT2D eigenvalue weighted by Gasteiger charge is -2.12. The Labute approximate surface area is 134 Å². The molecule has 23 heavy (non-hydrogen) atoms. The lowest BCUT2D eigenvalue weighted by Crippen LogP contribution is -2.22. The highest BCUT2D eigenvalue weighted by Crippen LogP contribution is 2.28. The van der Waals surface area contributed by atoms with Crippen molar-refractivity contribution in [1.82, 2.24) is 14.3 Å². The summed E-state index contributed by atoms with van der Waals surface area (Å²) in [7, 11) is -0.570. The van der Waals surface area contributed by atoms with E-state index in [-0.39, 0.29) is 10.6 Å². The molecule has 0 aliphatic carbocycles. The Morgan fingerprint density at radius 2 is 2.00 bits per heavy atom. The molecule has 1 aromatic carbocycles. The lowest BCUT2D eigenvalue weighted by molar-refractivity contribution is 0.521. The maximum atomic E-state index is 12.3. The molecule has 0 spiro atoms. The molecule has 0 fully saturated rings. The van der Waals surface area contributed by atoms with Gasteiger partial charge in [0.05, 0.1) is 4.90 Å². The van der Waals surface area contributed by atoms with Crippen LogP contribution >= 0.6 is 0 Å². The molecule has 0 saturated heterocycles. The Balaban J connectivity index is 2.22. The van der Waals surface area contributed by atoms with Gasteiger partial charge in [-0.15, -0.1) is 0 Å². The van der Waals surface area contributed by atoms with Crippen molar-refractivity contribution in [3.05, 3.63) is 48.3 Å². The summed E-state index contributed by atoms with van der Waals surface area (Å²) < 4.78 is 25.7. The minimum atomic E-state index is -3.53. The van der Waals surface area contributed by atoms with Crippen molar-refractivity contribution in [3.63, 3.8) is 0 Å².